The number of likely N-dealkylation sites (tertiary alicyclic amines) is 1. The van der Waals surface area contributed by atoms with Crippen molar-refractivity contribution in [2.75, 3.05) is 33.4 Å². The highest BCUT2D eigenvalue weighted by Crippen LogP contribution is 2.52. The van der Waals surface area contributed by atoms with Crippen LogP contribution in [0.3, 0.4) is 0 Å². The zero-order valence-electron chi connectivity index (χ0n) is 15.0. The van der Waals surface area contributed by atoms with Crippen LogP contribution in [0.1, 0.15) is 31.2 Å². The van der Waals surface area contributed by atoms with E-state index in [-0.39, 0.29) is 11.3 Å². The topological polar surface area (TPSA) is 63.8 Å². The summed E-state index contributed by atoms with van der Waals surface area (Å²) in [7, 11) is 1.67. The quantitative estimate of drug-likeness (QED) is 0.918. The van der Waals surface area contributed by atoms with E-state index in [1.165, 1.54) is 0 Å². The van der Waals surface area contributed by atoms with Crippen molar-refractivity contribution in [1.29, 1.82) is 0 Å². The van der Waals surface area contributed by atoms with Gasteiger partial charge in [0.2, 0.25) is 5.91 Å². The second-order valence-electron chi connectivity index (χ2n) is 7.60. The Balaban J connectivity index is 1.40. The molecule has 3 aliphatic rings. The van der Waals surface area contributed by atoms with Crippen LogP contribution in [0.25, 0.3) is 10.9 Å². The minimum atomic E-state index is -0.443. The molecule has 2 saturated heterocycles. The Morgan fingerprint density at radius 2 is 1.88 bits per heavy atom. The largest absolute Gasteiger partial charge is 0.497 e. The molecule has 1 spiro atoms. The van der Waals surface area contributed by atoms with Gasteiger partial charge in [-0.15, -0.1) is 0 Å². The summed E-state index contributed by atoms with van der Waals surface area (Å²) < 4.78 is 16.9. The van der Waals surface area contributed by atoms with Crippen molar-refractivity contribution >= 4 is 16.8 Å². The van der Waals surface area contributed by atoms with Crippen LogP contribution in [0, 0.1) is 0 Å². The van der Waals surface area contributed by atoms with E-state index in [1.54, 1.807) is 7.11 Å². The molecular weight excluding hydrogens is 332 g/mol. The Labute approximate surface area is 152 Å². The van der Waals surface area contributed by atoms with Gasteiger partial charge in [0.05, 0.1) is 25.7 Å². The Bertz CT molecular complexity index is 839. The van der Waals surface area contributed by atoms with Crippen LogP contribution in [0.2, 0.25) is 0 Å². The molecule has 26 heavy (non-hydrogen) atoms. The summed E-state index contributed by atoms with van der Waals surface area (Å²) in [4.78, 5) is 18.7. The third kappa shape index (κ3) is 2.36. The number of ether oxygens (including phenoxy) is 3. The van der Waals surface area contributed by atoms with Crippen LogP contribution in [0.5, 0.6) is 5.75 Å². The number of carbonyl (C=O) groups excluding carboxylic acids is 1. The molecule has 2 aromatic rings. The molecule has 6 heteroatoms. The normalized spacial score (nSPS) is 23.5. The Morgan fingerprint density at radius 1 is 1.15 bits per heavy atom. The summed E-state index contributed by atoms with van der Waals surface area (Å²) in [5.74, 6) is 0.618. The van der Waals surface area contributed by atoms with Crippen LogP contribution >= 0.6 is 0 Å². The zero-order valence-corrected chi connectivity index (χ0v) is 15.0. The van der Waals surface area contributed by atoms with Crippen molar-refractivity contribution in [1.82, 2.24) is 9.88 Å². The first-order chi connectivity index (χ1) is 12.7. The van der Waals surface area contributed by atoms with Gasteiger partial charge in [0.15, 0.2) is 5.79 Å². The predicted molar refractivity (Wildman–Crippen MR) is 96.2 cm³/mol. The summed E-state index contributed by atoms with van der Waals surface area (Å²) in [5, 5.41) is 1.09. The van der Waals surface area contributed by atoms with Gasteiger partial charge in [-0.3, -0.25) is 4.79 Å². The Kier molecular flexibility index (Phi) is 3.56. The van der Waals surface area contributed by atoms with E-state index in [0.29, 0.717) is 26.3 Å². The van der Waals surface area contributed by atoms with Crippen molar-refractivity contribution in [2.45, 2.75) is 36.9 Å². The van der Waals surface area contributed by atoms with E-state index in [1.807, 2.05) is 29.3 Å². The van der Waals surface area contributed by atoms with Gasteiger partial charge in [-0.25, -0.2) is 0 Å². The molecule has 3 fully saturated rings. The van der Waals surface area contributed by atoms with E-state index < -0.39 is 5.79 Å². The molecule has 6 nitrogen and oxygen atoms in total. The lowest BCUT2D eigenvalue weighted by Gasteiger charge is -2.39. The van der Waals surface area contributed by atoms with Crippen molar-refractivity contribution in [3.63, 3.8) is 0 Å². The number of fused-ring (bicyclic) bond motifs is 1. The number of amides is 1. The van der Waals surface area contributed by atoms with Gasteiger partial charge in [0, 0.05) is 43.0 Å². The molecule has 5 rings (SSSR count). The summed E-state index contributed by atoms with van der Waals surface area (Å²) in [6, 6.07) is 5.98. The van der Waals surface area contributed by atoms with Gasteiger partial charge >= 0.3 is 0 Å². The van der Waals surface area contributed by atoms with Gasteiger partial charge < -0.3 is 24.1 Å². The highest BCUT2D eigenvalue weighted by atomic mass is 16.7. The fourth-order valence-corrected chi connectivity index (χ4v) is 4.48. The van der Waals surface area contributed by atoms with Gasteiger partial charge in [0.1, 0.15) is 5.75 Å². The molecule has 1 aromatic carbocycles. The number of H-pyrrole nitrogens is 1. The lowest BCUT2D eigenvalue weighted by Crippen LogP contribution is -2.50. The van der Waals surface area contributed by atoms with E-state index in [2.05, 4.69) is 4.98 Å². The summed E-state index contributed by atoms with van der Waals surface area (Å²) in [5.41, 5.74) is 1.77. The molecule has 0 radical (unpaired) electrons. The Hall–Kier alpha value is -2.05. The third-order valence-electron chi connectivity index (χ3n) is 6.19. The number of aromatic amines is 1. The van der Waals surface area contributed by atoms with Crippen LogP contribution in [-0.4, -0.2) is 55.0 Å². The van der Waals surface area contributed by atoms with E-state index in [0.717, 1.165) is 47.9 Å². The number of piperidine rings is 1. The first-order valence-electron chi connectivity index (χ1n) is 9.39. The van der Waals surface area contributed by atoms with E-state index in [4.69, 9.17) is 14.2 Å². The van der Waals surface area contributed by atoms with Gasteiger partial charge in [0.25, 0.3) is 0 Å². The Morgan fingerprint density at radius 3 is 2.54 bits per heavy atom. The maximum atomic E-state index is 13.4. The number of nitrogens with zero attached hydrogens (tertiary/aromatic N) is 1. The van der Waals surface area contributed by atoms with Gasteiger partial charge in [-0.1, -0.05) is 0 Å². The first kappa shape index (κ1) is 16.1. The molecule has 0 bridgehead atoms. The number of benzene rings is 1. The van der Waals surface area contributed by atoms with Crippen molar-refractivity contribution in [2.24, 2.45) is 0 Å². The minimum absolute atomic E-state index is 0.245. The molecular formula is C20H24N2O4. The van der Waals surface area contributed by atoms with Crippen LogP contribution < -0.4 is 4.74 Å². The molecule has 0 atom stereocenters. The second-order valence-corrected chi connectivity index (χ2v) is 7.60. The summed E-state index contributed by atoms with van der Waals surface area (Å²) >= 11 is 0. The van der Waals surface area contributed by atoms with Crippen LogP contribution in [0.15, 0.2) is 24.4 Å². The lowest BCUT2D eigenvalue weighted by molar-refractivity contribution is -0.188. The molecule has 1 saturated carbocycles. The van der Waals surface area contributed by atoms with E-state index >= 15 is 0 Å². The zero-order chi connectivity index (χ0) is 17.8. The molecule has 138 valence electrons. The highest BCUT2D eigenvalue weighted by Gasteiger charge is 2.55. The number of aromatic nitrogens is 1. The summed E-state index contributed by atoms with van der Waals surface area (Å²) in [6.45, 7) is 2.72. The molecule has 2 aliphatic heterocycles. The SMILES string of the molecule is COc1ccc2[nH]cc(C3(C(=O)N4CCC5(CC4)OCCO5)CC3)c2c1. The maximum Gasteiger partial charge on any atom is 0.233 e. The standard InChI is InChI=1S/C20H24N2O4/c1-24-14-2-3-17-15(12-14)16(13-21-17)19(4-5-19)18(23)22-8-6-20(7-9-22)25-10-11-26-20/h2-3,12-13,21H,4-11H2,1H3. The average molecular weight is 356 g/mol. The first-order valence-corrected chi connectivity index (χ1v) is 9.39. The summed E-state index contributed by atoms with van der Waals surface area (Å²) in [6.07, 6.45) is 5.34. The predicted octanol–water partition coefficient (Wildman–Crippen LogP) is 2.57. The maximum absolute atomic E-state index is 13.4. The van der Waals surface area contributed by atoms with Crippen LogP contribution in [-0.2, 0) is 19.7 Å². The van der Waals surface area contributed by atoms with Gasteiger partial charge in [-0.05, 0) is 36.6 Å². The average Bonchev–Trinajstić information content (AvgIpc) is 3.17. The second kappa shape index (κ2) is 5.72. The van der Waals surface area contributed by atoms with E-state index in [9.17, 15) is 4.79 Å². The molecule has 1 amide bonds. The minimum Gasteiger partial charge on any atom is -0.497 e. The molecule has 1 aromatic heterocycles. The van der Waals surface area contributed by atoms with Crippen molar-refractivity contribution in [3.05, 3.63) is 30.0 Å². The number of hydrogen-bond acceptors (Lipinski definition) is 4. The van der Waals surface area contributed by atoms with Crippen molar-refractivity contribution in [3.8, 4) is 5.75 Å². The number of carbonyl (C=O) groups is 1. The molecule has 1 N–H and O–H groups in total. The fraction of sp³-hybridized carbons (Fsp3) is 0.550. The highest BCUT2D eigenvalue weighted by molar-refractivity contribution is 5.98. The lowest BCUT2D eigenvalue weighted by atomic mass is 9.92. The van der Waals surface area contributed by atoms with Crippen molar-refractivity contribution < 1.29 is 19.0 Å². The number of rotatable bonds is 3. The number of hydrogen-bond donors (Lipinski definition) is 1. The number of nitrogens with one attached hydrogen (secondary N) is 1. The fourth-order valence-electron chi connectivity index (χ4n) is 4.48. The van der Waals surface area contributed by atoms with Crippen LogP contribution in [0.4, 0.5) is 0 Å². The monoisotopic (exact) mass is 356 g/mol. The van der Waals surface area contributed by atoms with Gasteiger partial charge in [-0.2, -0.15) is 0 Å². The molecule has 0 unspecified atom stereocenters. The molecule has 3 heterocycles. The smallest absolute Gasteiger partial charge is 0.233 e. The molecule has 1 aliphatic carbocycles. The number of methoxy groups -OCH3 is 1. The third-order valence-corrected chi connectivity index (χ3v) is 6.19.